The van der Waals surface area contributed by atoms with Crippen molar-refractivity contribution in [3.05, 3.63) is 0 Å². The third-order valence-electron chi connectivity index (χ3n) is 5.05. The monoisotopic (exact) mass is 284 g/mol. The summed E-state index contributed by atoms with van der Waals surface area (Å²) in [4.78, 5) is 2.65. The number of hydrogen-bond acceptors (Lipinski definition) is 3. The molecule has 1 heterocycles. The highest BCUT2D eigenvalue weighted by atomic mass is 16.5. The Bertz CT molecular complexity index is 225. The number of nitrogens with one attached hydrogen (secondary N) is 1. The summed E-state index contributed by atoms with van der Waals surface area (Å²) in [5.41, 5.74) is 0. The van der Waals surface area contributed by atoms with Gasteiger partial charge in [-0.3, -0.25) is 4.90 Å². The Labute approximate surface area is 126 Å². The van der Waals surface area contributed by atoms with Gasteiger partial charge in [-0.1, -0.05) is 20.8 Å². The molecule has 1 aliphatic heterocycles. The van der Waals surface area contributed by atoms with Crippen LogP contribution in [0.4, 0.5) is 0 Å². The van der Waals surface area contributed by atoms with Gasteiger partial charge in [0, 0.05) is 19.7 Å². The van der Waals surface area contributed by atoms with Crippen LogP contribution in [-0.4, -0.2) is 50.8 Å². The van der Waals surface area contributed by atoms with Gasteiger partial charge in [-0.05, 0) is 63.6 Å². The minimum Gasteiger partial charge on any atom is -0.383 e. The molecule has 0 aromatic heterocycles. The van der Waals surface area contributed by atoms with E-state index in [2.05, 4.69) is 31.0 Å². The SMILES string of the molecule is CCC(CC)N(CCOC)CCC(C)C1CCCNC1. The summed E-state index contributed by atoms with van der Waals surface area (Å²) in [6.45, 7) is 12.7. The summed E-state index contributed by atoms with van der Waals surface area (Å²) < 4.78 is 5.28. The van der Waals surface area contributed by atoms with E-state index in [-0.39, 0.29) is 0 Å². The highest BCUT2D eigenvalue weighted by Crippen LogP contribution is 2.23. The number of piperidine rings is 1. The smallest absolute Gasteiger partial charge is 0.0589 e. The molecule has 2 unspecified atom stereocenters. The van der Waals surface area contributed by atoms with Crippen LogP contribution in [0.5, 0.6) is 0 Å². The molecule has 1 saturated heterocycles. The Hall–Kier alpha value is -0.120. The maximum Gasteiger partial charge on any atom is 0.0589 e. The van der Waals surface area contributed by atoms with E-state index < -0.39 is 0 Å². The molecule has 2 atom stereocenters. The first-order valence-corrected chi connectivity index (χ1v) is 8.66. The third kappa shape index (κ3) is 6.11. The van der Waals surface area contributed by atoms with Gasteiger partial charge in [0.1, 0.15) is 0 Å². The lowest BCUT2D eigenvalue weighted by atomic mass is 9.85. The van der Waals surface area contributed by atoms with Crippen molar-refractivity contribution >= 4 is 0 Å². The van der Waals surface area contributed by atoms with Gasteiger partial charge in [0.2, 0.25) is 0 Å². The van der Waals surface area contributed by atoms with Crippen molar-refractivity contribution < 1.29 is 4.74 Å². The summed E-state index contributed by atoms with van der Waals surface area (Å²) >= 11 is 0. The van der Waals surface area contributed by atoms with E-state index >= 15 is 0 Å². The lowest BCUT2D eigenvalue weighted by Gasteiger charge is -2.33. The number of rotatable bonds is 10. The van der Waals surface area contributed by atoms with E-state index in [0.29, 0.717) is 0 Å². The Kier molecular flexibility index (Phi) is 9.49. The van der Waals surface area contributed by atoms with Crippen LogP contribution in [0, 0.1) is 11.8 Å². The van der Waals surface area contributed by atoms with Gasteiger partial charge < -0.3 is 10.1 Å². The van der Waals surface area contributed by atoms with Crippen LogP contribution in [0.2, 0.25) is 0 Å². The summed E-state index contributed by atoms with van der Waals surface area (Å²) in [5.74, 6) is 1.72. The quantitative estimate of drug-likeness (QED) is 0.667. The fourth-order valence-corrected chi connectivity index (χ4v) is 3.46. The molecule has 0 amide bonds. The predicted octanol–water partition coefficient (Wildman–Crippen LogP) is 3.15. The Morgan fingerprint density at radius 1 is 1.25 bits per heavy atom. The predicted molar refractivity (Wildman–Crippen MR) is 87.2 cm³/mol. The first-order chi connectivity index (χ1) is 9.72. The molecule has 0 aromatic rings. The molecule has 1 aliphatic rings. The van der Waals surface area contributed by atoms with E-state index in [1.165, 1.54) is 51.7 Å². The van der Waals surface area contributed by atoms with Crippen molar-refractivity contribution in [2.75, 3.05) is 39.9 Å². The second-order valence-corrected chi connectivity index (χ2v) is 6.37. The third-order valence-corrected chi connectivity index (χ3v) is 5.05. The first-order valence-electron chi connectivity index (χ1n) is 8.66. The van der Waals surface area contributed by atoms with Crippen LogP contribution in [-0.2, 0) is 4.74 Å². The second kappa shape index (κ2) is 10.6. The Morgan fingerprint density at radius 2 is 2.00 bits per heavy atom. The highest BCUT2D eigenvalue weighted by molar-refractivity contribution is 4.76. The largest absolute Gasteiger partial charge is 0.383 e. The summed E-state index contributed by atoms with van der Waals surface area (Å²) in [5, 5.41) is 3.55. The normalized spacial score (nSPS) is 21.6. The van der Waals surface area contributed by atoms with Crippen molar-refractivity contribution in [3.63, 3.8) is 0 Å². The van der Waals surface area contributed by atoms with E-state index in [4.69, 9.17) is 4.74 Å². The number of methoxy groups -OCH3 is 1. The van der Waals surface area contributed by atoms with Crippen LogP contribution in [0.15, 0.2) is 0 Å². The topological polar surface area (TPSA) is 24.5 Å². The van der Waals surface area contributed by atoms with Gasteiger partial charge in [0.05, 0.1) is 6.61 Å². The fraction of sp³-hybridized carbons (Fsp3) is 1.00. The molecule has 1 N–H and O–H groups in total. The van der Waals surface area contributed by atoms with Crippen molar-refractivity contribution in [2.45, 2.75) is 58.9 Å². The minimum absolute atomic E-state index is 0.724. The van der Waals surface area contributed by atoms with Crippen LogP contribution in [0.25, 0.3) is 0 Å². The molecule has 0 bridgehead atoms. The van der Waals surface area contributed by atoms with E-state index in [0.717, 1.165) is 31.0 Å². The zero-order valence-electron chi connectivity index (χ0n) is 14.2. The van der Waals surface area contributed by atoms with Crippen molar-refractivity contribution in [1.82, 2.24) is 10.2 Å². The molecule has 0 radical (unpaired) electrons. The number of ether oxygens (including phenoxy) is 1. The van der Waals surface area contributed by atoms with Crippen LogP contribution < -0.4 is 5.32 Å². The summed E-state index contributed by atoms with van der Waals surface area (Å²) in [7, 11) is 1.81. The molecule has 20 heavy (non-hydrogen) atoms. The minimum atomic E-state index is 0.724. The van der Waals surface area contributed by atoms with Crippen LogP contribution in [0.3, 0.4) is 0 Å². The fourth-order valence-electron chi connectivity index (χ4n) is 3.46. The van der Waals surface area contributed by atoms with Crippen LogP contribution in [0.1, 0.15) is 52.9 Å². The van der Waals surface area contributed by atoms with Gasteiger partial charge in [0.15, 0.2) is 0 Å². The van der Waals surface area contributed by atoms with Gasteiger partial charge >= 0.3 is 0 Å². The molecular formula is C17H36N2O. The molecule has 3 heteroatoms. The number of hydrogen-bond donors (Lipinski definition) is 1. The van der Waals surface area contributed by atoms with E-state index in [1.54, 1.807) is 7.11 Å². The zero-order chi connectivity index (χ0) is 14.8. The molecule has 0 spiro atoms. The van der Waals surface area contributed by atoms with Gasteiger partial charge in [-0.15, -0.1) is 0 Å². The summed E-state index contributed by atoms with van der Waals surface area (Å²) in [6.07, 6.45) is 6.60. The molecular weight excluding hydrogens is 248 g/mol. The molecule has 0 aromatic carbocycles. The maximum absolute atomic E-state index is 5.28. The lowest BCUT2D eigenvalue weighted by molar-refractivity contribution is 0.106. The van der Waals surface area contributed by atoms with Gasteiger partial charge in [-0.2, -0.15) is 0 Å². The molecule has 120 valence electrons. The molecule has 1 fully saturated rings. The Morgan fingerprint density at radius 3 is 2.55 bits per heavy atom. The highest BCUT2D eigenvalue weighted by Gasteiger charge is 2.21. The lowest BCUT2D eigenvalue weighted by Crippen LogP contribution is -2.39. The van der Waals surface area contributed by atoms with Gasteiger partial charge in [0.25, 0.3) is 0 Å². The molecule has 3 nitrogen and oxygen atoms in total. The average molecular weight is 284 g/mol. The number of nitrogens with zero attached hydrogens (tertiary/aromatic N) is 1. The standard InChI is InChI=1S/C17H36N2O/c1-5-17(6-2)19(12-13-20-4)11-9-15(3)16-8-7-10-18-14-16/h15-18H,5-14H2,1-4H3. The molecule has 0 saturated carbocycles. The zero-order valence-corrected chi connectivity index (χ0v) is 14.2. The van der Waals surface area contributed by atoms with Crippen molar-refractivity contribution in [1.29, 1.82) is 0 Å². The second-order valence-electron chi connectivity index (χ2n) is 6.37. The van der Waals surface area contributed by atoms with Gasteiger partial charge in [-0.25, -0.2) is 0 Å². The van der Waals surface area contributed by atoms with E-state index in [1.807, 2.05) is 0 Å². The van der Waals surface area contributed by atoms with Crippen LogP contribution >= 0.6 is 0 Å². The average Bonchev–Trinajstić information content (AvgIpc) is 2.50. The first kappa shape index (κ1) is 17.9. The van der Waals surface area contributed by atoms with Crippen molar-refractivity contribution in [3.8, 4) is 0 Å². The molecule has 1 rings (SSSR count). The maximum atomic E-state index is 5.28. The van der Waals surface area contributed by atoms with Crippen molar-refractivity contribution in [2.24, 2.45) is 11.8 Å². The van der Waals surface area contributed by atoms with E-state index in [9.17, 15) is 0 Å². The summed E-state index contributed by atoms with van der Waals surface area (Å²) in [6, 6.07) is 0.724. The molecule has 0 aliphatic carbocycles. The Balaban J connectivity index is 2.38.